The first-order valence-electron chi connectivity index (χ1n) is 8.89. The van der Waals surface area contributed by atoms with Crippen LogP contribution in [0.4, 0.5) is 0 Å². The molecular weight excluding hydrogens is 372 g/mol. The van der Waals surface area contributed by atoms with Crippen molar-refractivity contribution >= 4 is 0 Å². The zero-order valence-corrected chi connectivity index (χ0v) is 15.4. The number of hydrogen-bond acceptors (Lipinski definition) is 7. The second-order valence-electron chi connectivity index (χ2n) is 6.58. The summed E-state index contributed by atoms with van der Waals surface area (Å²) >= 11 is 0. The van der Waals surface area contributed by atoms with Crippen LogP contribution in [0.2, 0.25) is 0 Å². The zero-order chi connectivity index (χ0) is 20.0. The molecule has 1 aromatic heterocycles. The summed E-state index contributed by atoms with van der Waals surface area (Å²) in [6, 6.07) is 15.3. The van der Waals surface area contributed by atoms with Gasteiger partial charge in [-0.2, -0.15) is 5.26 Å². The molecule has 2 aromatic carbocycles. The lowest BCUT2D eigenvalue weighted by atomic mass is 9.83. The van der Waals surface area contributed by atoms with E-state index in [0.29, 0.717) is 23.0 Å². The topological polar surface area (TPSA) is 115 Å². The number of allylic oxidation sites excluding steroid dienone is 1. The number of rotatable bonds is 3. The van der Waals surface area contributed by atoms with Crippen LogP contribution in [-0.2, 0) is 0 Å². The fourth-order valence-corrected chi connectivity index (χ4v) is 3.65. The number of hydrogen-bond donors (Lipinski definition) is 2. The van der Waals surface area contributed by atoms with Crippen LogP contribution in [0, 0.1) is 11.3 Å². The van der Waals surface area contributed by atoms with Gasteiger partial charge in [0, 0.05) is 5.56 Å². The van der Waals surface area contributed by atoms with Gasteiger partial charge in [0.2, 0.25) is 18.6 Å². The van der Waals surface area contributed by atoms with Crippen LogP contribution in [-0.4, -0.2) is 24.1 Å². The predicted octanol–water partition coefficient (Wildman–Crippen LogP) is 3.03. The van der Waals surface area contributed by atoms with E-state index in [0.717, 1.165) is 28.1 Å². The lowest BCUT2D eigenvalue weighted by Crippen LogP contribution is -2.21. The molecule has 0 fully saturated rings. The molecule has 3 aromatic rings. The zero-order valence-electron chi connectivity index (χ0n) is 15.4. The minimum absolute atomic E-state index is 0.0375. The molecule has 1 unspecified atom stereocenters. The fourth-order valence-electron chi connectivity index (χ4n) is 3.65. The summed E-state index contributed by atoms with van der Waals surface area (Å²) in [5.41, 5.74) is 9.54. The minimum atomic E-state index is -0.464. The Kier molecular flexibility index (Phi) is 3.81. The van der Waals surface area contributed by atoms with Crippen LogP contribution in [0.3, 0.4) is 0 Å². The van der Waals surface area contributed by atoms with Gasteiger partial charge in [-0.25, -0.2) is 0 Å². The summed E-state index contributed by atoms with van der Waals surface area (Å²) in [6.07, 6.45) is 0. The van der Waals surface area contributed by atoms with Gasteiger partial charge in [0.05, 0.1) is 24.3 Å². The maximum atomic E-state index is 9.81. The molecule has 0 spiro atoms. The van der Waals surface area contributed by atoms with Gasteiger partial charge >= 0.3 is 0 Å². The summed E-state index contributed by atoms with van der Waals surface area (Å²) in [6.45, 7) is 0.170. The summed E-state index contributed by atoms with van der Waals surface area (Å²) in [4.78, 5) is 0. The summed E-state index contributed by atoms with van der Waals surface area (Å²) < 4.78 is 21.8. The summed E-state index contributed by atoms with van der Waals surface area (Å²) in [7, 11) is 1.61. The van der Waals surface area contributed by atoms with Gasteiger partial charge in [0.25, 0.3) is 0 Å². The number of aromatic amines is 1. The Balaban J connectivity index is 1.68. The highest BCUT2D eigenvalue weighted by Crippen LogP contribution is 2.47. The molecule has 0 amide bonds. The van der Waals surface area contributed by atoms with Crippen molar-refractivity contribution in [2.45, 2.75) is 5.92 Å². The molecule has 2 aliphatic heterocycles. The SMILES string of the molecule is COc1ccc(-c2[nH]nc3c2C(c2ccc4c(c2)OCO4)C(C#N)=C(N)O3)cc1. The van der Waals surface area contributed by atoms with Gasteiger partial charge < -0.3 is 24.7 Å². The monoisotopic (exact) mass is 388 g/mol. The second-order valence-corrected chi connectivity index (χ2v) is 6.58. The highest BCUT2D eigenvalue weighted by atomic mass is 16.7. The smallest absolute Gasteiger partial charge is 0.244 e. The first-order chi connectivity index (χ1) is 14.2. The predicted molar refractivity (Wildman–Crippen MR) is 102 cm³/mol. The molecule has 3 heterocycles. The average molecular weight is 388 g/mol. The molecule has 0 saturated carbocycles. The largest absolute Gasteiger partial charge is 0.497 e. The van der Waals surface area contributed by atoms with E-state index in [-0.39, 0.29) is 12.7 Å². The van der Waals surface area contributed by atoms with Crippen molar-refractivity contribution in [3.63, 3.8) is 0 Å². The van der Waals surface area contributed by atoms with E-state index >= 15 is 0 Å². The Morgan fingerprint density at radius 1 is 1.17 bits per heavy atom. The molecule has 29 heavy (non-hydrogen) atoms. The number of H-pyrrole nitrogens is 1. The summed E-state index contributed by atoms with van der Waals surface area (Å²) in [5.74, 6) is 1.95. The quantitative estimate of drug-likeness (QED) is 0.708. The minimum Gasteiger partial charge on any atom is -0.497 e. The van der Waals surface area contributed by atoms with Gasteiger partial charge in [-0.15, -0.1) is 5.10 Å². The summed E-state index contributed by atoms with van der Waals surface area (Å²) in [5, 5.41) is 17.1. The highest BCUT2D eigenvalue weighted by molar-refractivity contribution is 5.71. The number of nitrogens with one attached hydrogen (secondary N) is 1. The van der Waals surface area contributed by atoms with Gasteiger partial charge in [0.15, 0.2) is 11.5 Å². The fraction of sp³-hybridized carbons (Fsp3) is 0.143. The van der Waals surface area contributed by atoms with Gasteiger partial charge in [-0.1, -0.05) is 6.07 Å². The standard InChI is InChI=1S/C21H16N4O4/c1-26-13-5-2-11(3-6-13)19-18-17(12-4-7-15-16(8-12)28-10-27-15)14(9-22)20(23)29-21(18)25-24-19/h2-8,17H,10,23H2,1H3,(H,24,25). The van der Waals surface area contributed by atoms with Crippen LogP contribution >= 0.6 is 0 Å². The lowest BCUT2D eigenvalue weighted by Gasteiger charge is -2.24. The molecule has 8 nitrogen and oxygen atoms in total. The number of nitrogens with zero attached hydrogens (tertiary/aromatic N) is 2. The van der Waals surface area contributed by atoms with E-state index in [4.69, 9.17) is 24.7 Å². The molecular formula is C21H16N4O4. The molecule has 3 N–H and O–H groups in total. The van der Waals surface area contributed by atoms with Gasteiger partial charge in [-0.05, 0) is 42.0 Å². The Labute approximate surface area is 166 Å². The molecule has 0 bridgehead atoms. The van der Waals surface area contributed by atoms with E-state index in [1.165, 1.54) is 0 Å². The van der Waals surface area contributed by atoms with Crippen molar-refractivity contribution in [3.05, 3.63) is 65.0 Å². The Morgan fingerprint density at radius 2 is 1.97 bits per heavy atom. The van der Waals surface area contributed by atoms with E-state index in [9.17, 15) is 5.26 Å². The third kappa shape index (κ3) is 2.63. The molecule has 0 aliphatic carbocycles. The maximum Gasteiger partial charge on any atom is 0.244 e. The van der Waals surface area contributed by atoms with Gasteiger partial charge in [0.1, 0.15) is 17.4 Å². The average Bonchev–Trinajstić information content (AvgIpc) is 3.39. The molecule has 1 atom stereocenters. The van der Waals surface area contributed by atoms with Crippen LogP contribution < -0.4 is 24.7 Å². The maximum absolute atomic E-state index is 9.81. The normalized spacial score (nSPS) is 16.8. The number of benzene rings is 2. The van der Waals surface area contributed by atoms with Crippen molar-refractivity contribution in [2.24, 2.45) is 5.73 Å². The highest BCUT2D eigenvalue weighted by Gasteiger charge is 2.36. The number of ether oxygens (including phenoxy) is 4. The lowest BCUT2D eigenvalue weighted by molar-refractivity contribution is 0.174. The van der Waals surface area contributed by atoms with E-state index in [1.54, 1.807) is 7.11 Å². The molecule has 8 heteroatoms. The molecule has 5 rings (SSSR count). The van der Waals surface area contributed by atoms with E-state index in [2.05, 4.69) is 16.3 Å². The number of fused-ring (bicyclic) bond motifs is 2. The van der Waals surface area contributed by atoms with E-state index < -0.39 is 5.92 Å². The van der Waals surface area contributed by atoms with Gasteiger partial charge in [-0.3, -0.25) is 5.10 Å². The van der Waals surface area contributed by atoms with E-state index in [1.807, 2.05) is 42.5 Å². The molecule has 0 saturated heterocycles. The van der Waals surface area contributed by atoms with Crippen molar-refractivity contribution in [2.75, 3.05) is 13.9 Å². The van der Waals surface area contributed by atoms with Crippen molar-refractivity contribution in [1.29, 1.82) is 5.26 Å². The molecule has 0 radical (unpaired) electrons. The first kappa shape index (κ1) is 17.0. The number of aromatic nitrogens is 2. The van der Waals surface area contributed by atoms with Crippen molar-refractivity contribution in [3.8, 4) is 40.5 Å². The molecule has 2 aliphatic rings. The van der Waals surface area contributed by atoms with Crippen LogP contribution in [0.1, 0.15) is 17.0 Å². The first-order valence-corrected chi connectivity index (χ1v) is 8.89. The Morgan fingerprint density at radius 3 is 2.72 bits per heavy atom. The Bertz CT molecular complexity index is 1170. The van der Waals surface area contributed by atoms with Crippen LogP contribution in [0.15, 0.2) is 53.9 Å². The third-order valence-corrected chi connectivity index (χ3v) is 5.05. The van der Waals surface area contributed by atoms with Crippen LogP contribution in [0.25, 0.3) is 11.3 Å². The number of nitrogens with two attached hydrogens (primary N) is 1. The van der Waals surface area contributed by atoms with Crippen molar-refractivity contribution in [1.82, 2.24) is 10.2 Å². The van der Waals surface area contributed by atoms with Crippen LogP contribution in [0.5, 0.6) is 23.1 Å². The second kappa shape index (κ2) is 6.49. The number of nitriles is 1. The molecule has 144 valence electrons. The van der Waals surface area contributed by atoms with Crippen molar-refractivity contribution < 1.29 is 18.9 Å². The Hall–Kier alpha value is -4.12. The third-order valence-electron chi connectivity index (χ3n) is 5.05. The number of methoxy groups -OCH3 is 1.